The number of ether oxygens (including phenoxy) is 3. The number of methoxy groups -OCH3 is 2. The molecular formula is C23H19Br2ClN2O4. The molecule has 0 heterocycles. The highest BCUT2D eigenvalue weighted by molar-refractivity contribution is 9.11. The number of hydrogen-bond acceptors (Lipinski definition) is 5. The van der Waals surface area contributed by atoms with Gasteiger partial charge in [0.1, 0.15) is 23.9 Å². The van der Waals surface area contributed by atoms with Crippen molar-refractivity contribution in [3.8, 4) is 17.2 Å². The molecule has 166 valence electrons. The minimum absolute atomic E-state index is 0.346. The molecule has 3 aromatic rings. The summed E-state index contributed by atoms with van der Waals surface area (Å²) in [4.78, 5) is 12.5. The fourth-order valence-corrected chi connectivity index (χ4v) is 4.32. The molecule has 0 unspecified atom stereocenters. The minimum atomic E-state index is -0.401. The highest BCUT2D eigenvalue weighted by atomic mass is 79.9. The molecule has 1 N–H and O–H groups in total. The van der Waals surface area contributed by atoms with Crippen LogP contribution in [-0.4, -0.2) is 26.3 Å². The zero-order valence-corrected chi connectivity index (χ0v) is 21.1. The van der Waals surface area contributed by atoms with Gasteiger partial charge in [-0.3, -0.25) is 4.79 Å². The standard InChI is InChI=1S/C23H19Br2ClN2O4/c1-30-17-7-8-18(21(11-17)31-2)23(29)28-27-12-15-9-19(24)22(20(25)10-15)32-13-14-3-5-16(26)6-4-14/h3-12H,13H2,1-2H3,(H,28,29)/b27-12-. The van der Waals surface area contributed by atoms with Crippen molar-refractivity contribution < 1.29 is 19.0 Å². The van der Waals surface area contributed by atoms with Crippen LogP contribution in [0.4, 0.5) is 0 Å². The van der Waals surface area contributed by atoms with Gasteiger partial charge in [-0.05, 0) is 79.4 Å². The van der Waals surface area contributed by atoms with Crippen molar-refractivity contribution in [2.45, 2.75) is 6.61 Å². The third-order valence-corrected chi connectivity index (χ3v) is 5.78. The van der Waals surface area contributed by atoms with E-state index in [1.165, 1.54) is 13.3 Å². The lowest BCUT2D eigenvalue weighted by Crippen LogP contribution is -2.18. The number of halogens is 3. The van der Waals surface area contributed by atoms with Gasteiger partial charge in [0.15, 0.2) is 0 Å². The van der Waals surface area contributed by atoms with Crippen molar-refractivity contribution in [3.63, 3.8) is 0 Å². The molecule has 32 heavy (non-hydrogen) atoms. The van der Waals surface area contributed by atoms with Crippen LogP contribution in [0.5, 0.6) is 17.2 Å². The summed E-state index contributed by atoms with van der Waals surface area (Å²) in [6, 6.07) is 16.1. The fraction of sp³-hybridized carbons (Fsp3) is 0.130. The second-order valence-corrected chi connectivity index (χ2v) is 8.64. The summed E-state index contributed by atoms with van der Waals surface area (Å²) in [6.07, 6.45) is 1.53. The maximum absolute atomic E-state index is 12.5. The molecule has 1 amide bonds. The van der Waals surface area contributed by atoms with Crippen LogP contribution in [0.15, 0.2) is 68.6 Å². The van der Waals surface area contributed by atoms with E-state index in [1.54, 1.807) is 25.3 Å². The van der Waals surface area contributed by atoms with Crippen molar-refractivity contribution in [1.82, 2.24) is 5.43 Å². The lowest BCUT2D eigenvalue weighted by atomic mass is 10.2. The Hall–Kier alpha value is -2.55. The number of benzene rings is 3. The third-order valence-electron chi connectivity index (χ3n) is 4.35. The van der Waals surface area contributed by atoms with E-state index in [-0.39, 0.29) is 0 Å². The van der Waals surface area contributed by atoms with Gasteiger partial charge in [-0.2, -0.15) is 5.10 Å². The van der Waals surface area contributed by atoms with Gasteiger partial charge >= 0.3 is 0 Å². The Kier molecular flexibility index (Phi) is 8.55. The first-order valence-electron chi connectivity index (χ1n) is 9.33. The van der Waals surface area contributed by atoms with Gasteiger partial charge in [0.2, 0.25) is 0 Å². The van der Waals surface area contributed by atoms with E-state index in [0.717, 1.165) is 20.1 Å². The van der Waals surface area contributed by atoms with Gasteiger partial charge in [0.25, 0.3) is 5.91 Å². The summed E-state index contributed by atoms with van der Waals surface area (Å²) in [5.41, 5.74) is 4.60. The van der Waals surface area contributed by atoms with E-state index in [1.807, 2.05) is 36.4 Å². The summed E-state index contributed by atoms with van der Waals surface area (Å²) in [5, 5.41) is 4.72. The maximum Gasteiger partial charge on any atom is 0.275 e. The molecule has 6 nitrogen and oxygen atoms in total. The molecule has 0 aliphatic heterocycles. The SMILES string of the molecule is COc1ccc(C(=O)N/N=C\c2cc(Br)c(OCc3ccc(Cl)cc3)c(Br)c2)c(OC)c1. The van der Waals surface area contributed by atoms with Crippen LogP contribution < -0.4 is 19.6 Å². The van der Waals surface area contributed by atoms with Crippen molar-refractivity contribution in [3.05, 3.63) is 85.3 Å². The minimum Gasteiger partial charge on any atom is -0.497 e. The average molecular weight is 583 g/mol. The Labute approximate surface area is 207 Å². The first kappa shape index (κ1) is 24.1. The molecule has 3 aromatic carbocycles. The molecule has 0 saturated carbocycles. The van der Waals surface area contributed by atoms with Gasteiger partial charge in [0, 0.05) is 11.1 Å². The second kappa shape index (κ2) is 11.4. The first-order valence-corrected chi connectivity index (χ1v) is 11.3. The van der Waals surface area contributed by atoms with Crippen LogP contribution in [0, 0.1) is 0 Å². The number of carbonyl (C=O) groups is 1. The van der Waals surface area contributed by atoms with Gasteiger partial charge in [-0.15, -0.1) is 0 Å². The summed E-state index contributed by atoms with van der Waals surface area (Å²) in [5.74, 6) is 1.24. The molecule has 0 fully saturated rings. The molecule has 0 saturated heterocycles. The predicted octanol–water partition coefficient (Wildman–Crippen LogP) is 6.23. The van der Waals surface area contributed by atoms with Gasteiger partial charge in [0.05, 0.1) is 34.9 Å². The third kappa shape index (κ3) is 6.25. The zero-order chi connectivity index (χ0) is 23.1. The normalized spacial score (nSPS) is 10.8. The molecule has 0 radical (unpaired) electrons. The largest absolute Gasteiger partial charge is 0.497 e. The second-order valence-electron chi connectivity index (χ2n) is 6.49. The number of hydrogen-bond donors (Lipinski definition) is 1. The van der Waals surface area contributed by atoms with Gasteiger partial charge < -0.3 is 14.2 Å². The van der Waals surface area contributed by atoms with E-state index >= 15 is 0 Å². The quantitative estimate of drug-likeness (QED) is 0.253. The molecule has 0 atom stereocenters. The number of nitrogens with one attached hydrogen (secondary N) is 1. The van der Waals surface area contributed by atoms with E-state index in [2.05, 4.69) is 42.4 Å². The predicted molar refractivity (Wildman–Crippen MR) is 132 cm³/mol. The van der Waals surface area contributed by atoms with Crippen LogP contribution in [-0.2, 0) is 6.61 Å². The summed E-state index contributed by atoms with van der Waals surface area (Å²) < 4.78 is 17.8. The zero-order valence-electron chi connectivity index (χ0n) is 17.2. The number of amides is 1. The van der Waals surface area contributed by atoms with Crippen molar-refractivity contribution >= 4 is 55.6 Å². The average Bonchev–Trinajstić information content (AvgIpc) is 2.79. The Morgan fingerprint density at radius 1 is 1.03 bits per heavy atom. The van der Waals surface area contributed by atoms with Crippen LogP contribution in [0.3, 0.4) is 0 Å². The van der Waals surface area contributed by atoms with E-state index in [4.69, 9.17) is 25.8 Å². The van der Waals surface area contributed by atoms with E-state index in [0.29, 0.717) is 34.4 Å². The van der Waals surface area contributed by atoms with Crippen molar-refractivity contribution in [2.24, 2.45) is 5.10 Å². The molecule has 0 aromatic heterocycles. The number of nitrogens with zero attached hydrogens (tertiary/aromatic N) is 1. The van der Waals surface area contributed by atoms with Crippen molar-refractivity contribution in [2.75, 3.05) is 14.2 Å². The Morgan fingerprint density at radius 2 is 1.72 bits per heavy atom. The summed E-state index contributed by atoms with van der Waals surface area (Å²) >= 11 is 13.0. The van der Waals surface area contributed by atoms with Gasteiger partial charge in [-0.25, -0.2) is 5.43 Å². The molecule has 0 aliphatic rings. The number of carbonyl (C=O) groups excluding carboxylic acids is 1. The molecule has 0 bridgehead atoms. The fourth-order valence-electron chi connectivity index (χ4n) is 2.74. The van der Waals surface area contributed by atoms with Gasteiger partial charge in [-0.1, -0.05) is 23.7 Å². The lowest BCUT2D eigenvalue weighted by molar-refractivity contribution is 0.0952. The number of rotatable bonds is 8. The van der Waals surface area contributed by atoms with E-state index < -0.39 is 5.91 Å². The molecular weight excluding hydrogens is 564 g/mol. The highest BCUT2D eigenvalue weighted by Crippen LogP contribution is 2.35. The van der Waals surface area contributed by atoms with Crippen LogP contribution in [0.25, 0.3) is 0 Å². The van der Waals surface area contributed by atoms with Crippen LogP contribution in [0.2, 0.25) is 5.02 Å². The number of hydrazone groups is 1. The Bertz CT molecular complexity index is 1110. The monoisotopic (exact) mass is 580 g/mol. The topological polar surface area (TPSA) is 69.2 Å². The van der Waals surface area contributed by atoms with Crippen molar-refractivity contribution in [1.29, 1.82) is 0 Å². The molecule has 0 aliphatic carbocycles. The molecule has 0 spiro atoms. The Balaban J connectivity index is 1.66. The summed E-state index contributed by atoms with van der Waals surface area (Å²) in [6.45, 7) is 0.390. The smallest absolute Gasteiger partial charge is 0.275 e. The first-order chi connectivity index (χ1) is 15.4. The van der Waals surface area contributed by atoms with E-state index in [9.17, 15) is 4.79 Å². The molecule has 3 rings (SSSR count). The van der Waals surface area contributed by atoms with Crippen LogP contribution >= 0.6 is 43.5 Å². The summed E-state index contributed by atoms with van der Waals surface area (Å²) in [7, 11) is 3.03. The lowest BCUT2D eigenvalue weighted by Gasteiger charge is -2.11. The van der Waals surface area contributed by atoms with Crippen LogP contribution in [0.1, 0.15) is 21.5 Å². The highest BCUT2D eigenvalue weighted by Gasteiger charge is 2.13. The Morgan fingerprint density at radius 3 is 2.34 bits per heavy atom. The maximum atomic E-state index is 12.5. The molecule has 9 heteroatoms.